The summed E-state index contributed by atoms with van der Waals surface area (Å²) >= 11 is 1.63. The minimum atomic E-state index is -3.46. The van der Waals surface area contributed by atoms with Crippen LogP contribution in [0.1, 0.15) is 23.6 Å². The Labute approximate surface area is 120 Å². The van der Waals surface area contributed by atoms with Gasteiger partial charge in [-0.2, -0.15) is 11.8 Å². The lowest BCUT2D eigenvalue weighted by Gasteiger charge is -2.14. The molecule has 4 nitrogen and oxygen atoms in total. The maximum Gasteiger partial charge on any atom is 0.240 e. The fourth-order valence-electron chi connectivity index (χ4n) is 1.77. The van der Waals surface area contributed by atoms with E-state index in [0.717, 1.165) is 16.7 Å². The molecule has 1 aromatic carbocycles. The monoisotopic (exact) mass is 302 g/mol. The van der Waals surface area contributed by atoms with Crippen LogP contribution >= 0.6 is 11.8 Å². The van der Waals surface area contributed by atoms with Gasteiger partial charge >= 0.3 is 0 Å². The van der Waals surface area contributed by atoms with Crippen molar-refractivity contribution < 1.29 is 8.42 Å². The minimum Gasteiger partial charge on any atom is -0.326 e. The van der Waals surface area contributed by atoms with Gasteiger partial charge in [0.1, 0.15) is 0 Å². The second kappa shape index (κ2) is 6.74. The summed E-state index contributed by atoms with van der Waals surface area (Å²) in [7, 11) is -3.46. The number of aryl methyl sites for hydroxylation is 2. The Bertz CT molecular complexity index is 542. The van der Waals surface area contributed by atoms with E-state index in [9.17, 15) is 8.42 Å². The Morgan fingerprint density at radius 3 is 2.47 bits per heavy atom. The van der Waals surface area contributed by atoms with Crippen LogP contribution in [0.4, 0.5) is 0 Å². The Morgan fingerprint density at radius 2 is 1.95 bits per heavy atom. The Morgan fingerprint density at radius 1 is 1.32 bits per heavy atom. The van der Waals surface area contributed by atoms with E-state index in [4.69, 9.17) is 5.73 Å². The number of nitrogens with two attached hydrogens (primary N) is 1. The van der Waals surface area contributed by atoms with E-state index in [-0.39, 0.29) is 5.25 Å². The molecular formula is C13H22N2O2S2. The van der Waals surface area contributed by atoms with E-state index in [2.05, 4.69) is 4.72 Å². The zero-order valence-corrected chi connectivity index (χ0v) is 13.5. The second-order valence-electron chi connectivity index (χ2n) is 4.65. The van der Waals surface area contributed by atoms with Crippen molar-refractivity contribution in [3.63, 3.8) is 0 Å². The molecule has 0 saturated heterocycles. The molecule has 1 aromatic rings. The highest BCUT2D eigenvalue weighted by atomic mass is 32.2. The second-order valence-corrected chi connectivity index (χ2v) is 7.66. The third kappa shape index (κ3) is 4.21. The average Bonchev–Trinajstić information content (AvgIpc) is 2.35. The van der Waals surface area contributed by atoms with Crippen LogP contribution in [-0.2, 0) is 16.6 Å². The van der Waals surface area contributed by atoms with E-state index < -0.39 is 10.0 Å². The van der Waals surface area contributed by atoms with Crippen LogP contribution in [-0.4, -0.2) is 26.5 Å². The molecule has 19 heavy (non-hydrogen) atoms. The van der Waals surface area contributed by atoms with Gasteiger partial charge in [-0.3, -0.25) is 0 Å². The number of hydrogen-bond acceptors (Lipinski definition) is 4. The lowest BCUT2D eigenvalue weighted by Crippen LogP contribution is -2.30. The topological polar surface area (TPSA) is 72.2 Å². The fraction of sp³-hybridized carbons (Fsp3) is 0.538. The minimum absolute atomic E-state index is 0.245. The molecule has 0 aromatic heterocycles. The molecule has 0 heterocycles. The van der Waals surface area contributed by atoms with Crippen LogP contribution in [0, 0.1) is 13.8 Å². The molecule has 0 fully saturated rings. The molecule has 108 valence electrons. The number of thioether (sulfide) groups is 1. The quantitative estimate of drug-likeness (QED) is 0.840. The van der Waals surface area contributed by atoms with Gasteiger partial charge in [-0.15, -0.1) is 0 Å². The highest BCUT2D eigenvalue weighted by Crippen LogP contribution is 2.20. The van der Waals surface area contributed by atoms with Crippen LogP contribution in [0.25, 0.3) is 0 Å². The third-order valence-corrected chi connectivity index (χ3v) is 5.64. The van der Waals surface area contributed by atoms with Crippen LogP contribution in [0.2, 0.25) is 0 Å². The first-order valence-corrected chi connectivity index (χ1v) is 8.91. The Balaban J connectivity index is 3.07. The van der Waals surface area contributed by atoms with Crippen molar-refractivity contribution in [2.24, 2.45) is 5.73 Å². The maximum atomic E-state index is 12.3. The van der Waals surface area contributed by atoms with Crippen molar-refractivity contribution in [1.82, 2.24) is 4.72 Å². The Hall–Kier alpha value is -0.560. The van der Waals surface area contributed by atoms with Crippen molar-refractivity contribution in [1.29, 1.82) is 0 Å². The van der Waals surface area contributed by atoms with Gasteiger partial charge in [0.25, 0.3) is 0 Å². The highest BCUT2D eigenvalue weighted by Gasteiger charge is 2.18. The lowest BCUT2D eigenvalue weighted by atomic mass is 10.1. The van der Waals surface area contributed by atoms with Gasteiger partial charge in [0, 0.05) is 18.3 Å². The number of rotatable bonds is 6. The number of benzene rings is 1. The maximum absolute atomic E-state index is 12.3. The van der Waals surface area contributed by atoms with Crippen molar-refractivity contribution in [2.45, 2.75) is 37.5 Å². The molecule has 0 aliphatic rings. The summed E-state index contributed by atoms with van der Waals surface area (Å²) in [5.74, 6) is 0. The largest absolute Gasteiger partial charge is 0.326 e. The molecule has 3 N–H and O–H groups in total. The Kier molecular flexibility index (Phi) is 5.85. The summed E-state index contributed by atoms with van der Waals surface area (Å²) in [5.41, 5.74) is 8.28. The molecular weight excluding hydrogens is 280 g/mol. The zero-order chi connectivity index (χ0) is 14.6. The predicted molar refractivity (Wildman–Crippen MR) is 82.0 cm³/mol. The summed E-state index contributed by atoms with van der Waals surface area (Å²) in [6.45, 7) is 6.50. The highest BCUT2D eigenvalue weighted by molar-refractivity contribution is 7.99. The number of nitrogens with one attached hydrogen (secondary N) is 1. The summed E-state index contributed by atoms with van der Waals surface area (Å²) in [4.78, 5) is 0.326. The summed E-state index contributed by atoms with van der Waals surface area (Å²) in [5, 5.41) is 0.245. The average molecular weight is 302 g/mol. The molecule has 0 amide bonds. The van der Waals surface area contributed by atoms with Crippen molar-refractivity contribution in [3.8, 4) is 0 Å². The molecule has 1 unspecified atom stereocenters. The molecule has 1 rings (SSSR count). The van der Waals surface area contributed by atoms with E-state index in [1.807, 2.05) is 26.2 Å². The fourth-order valence-corrected chi connectivity index (χ4v) is 3.53. The molecule has 0 saturated carbocycles. The first-order valence-electron chi connectivity index (χ1n) is 6.14. The third-order valence-electron chi connectivity index (χ3n) is 3.11. The number of hydrogen-bond donors (Lipinski definition) is 2. The molecule has 0 bridgehead atoms. The SMILES string of the molecule is CSC(C)CNS(=O)(=O)c1cc(CN)c(C)cc1C. The normalized spacial score (nSPS) is 13.5. The van der Waals surface area contributed by atoms with E-state index in [1.54, 1.807) is 24.8 Å². The predicted octanol–water partition coefficient (Wildman–Crippen LogP) is 1.79. The summed E-state index contributed by atoms with van der Waals surface area (Å²) < 4.78 is 27.2. The lowest BCUT2D eigenvalue weighted by molar-refractivity contribution is 0.580. The van der Waals surface area contributed by atoms with Gasteiger partial charge in [-0.25, -0.2) is 13.1 Å². The van der Waals surface area contributed by atoms with Crippen LogP contribution in [0.3, 0.4) is 0 Å². The van der Waals surface area contributed by atoms with Crippen LogP contribution in [0.5, 0.6) is 0 Å². The summed E-state index contributed by atoms with van der Waals surface area (Å²) in [6.07, 6.45) is 1.96. The molecule has 6 heteroatoms. The van der Waals surface area contributed by atoms with Gasteiger partial charge < -0.3 is 5.73 Å². The molecule has 1 atom stereocenters. The van der Waals surface area contributed by atoms with Gasteiger partial charge in [0.05, 0.1) is 4.90 Å². The zero-order valence-electron chi connectivity index (χ0n) is 11.9. The standard InChI is InChI=1S/C13H22N2O2S2/c1-9-5-10(2)13(6-12(9)7-14)19(16,17)15-8-11(3)18-4/h5-6,11,15H,7-8,14H2,1-4H3. The smallest absolute Gasteiger partial charge is 0.240 e. The molecule has 0 aliphatic heterocycles. The van der Waals surface area contributed by atoms with Crippen molar-refractivity contribution in [2.75, 3.05) is 12.8 Å². The van der Waals surface area contributed by atoms with Crippen LogP contribution < -0.4 is 10.5 Å². The van der Waals surface area contributed by atoms with Gasteiger partial charge in [-0.05, 0) is 42.9 Å². The van der Waals surface area contributed by atoms with Crippen LogP contribution in [0.15, 0.2) is 17.0 Å². The molecule has 0 radical (unpaired) electrons. The van der Waals surface area contributed by atoms with Gasteiger partial charge in [-0.1, -0.05) is 13.0 Å². The van der Waals surface area contributed by atoms with Crippen molar-refractivity contribution in [3.05, 3.63) is 28.8 Å². The van der Waals surface area contributed by atoms with E-state index in [1.165, 1.54) is 0 Å². The van der Waals surface area contributed by atoms with Crippen molar-refractivity contribution >= 4 is 21.8 Å². The number of sulfonamides is 1. The molecule has 0 spiro atoms. The van der Waals surface area contributed by atoms with Gasteiger partial charge in [0.2, 0.25) is 10.0 Å². The first kappa shape index (κ1) is 16.5. The van der Waals surface area contributed by atoms with Gasteiger partial charge in [0.15, 0.2) is 0 Å². The van der Waals surface area contributed by atoms with E-state index in [0.29, 0.717) is 18.0 Å². The van der Waals surface area contributed by atoms with E-state index >= 15 is 0 Å². The first-order chi connectivity index (χ1) is 8.81. The summed E-state index contributed by atoms with van der Waals surface area (Å²) in [6, 6.07) is 3.55. The molecule has 0 aliphatic carbocycles.